The van der Waals surface area contributed by atoms with Gasteiger partial charge in [0, 0.05) is 6.42 Å². The number of ether oxygens (including phenoxy) is 1. The average molecular weight is 266 g/mol. The molecule has 2 aromatic carbocycles. The van der Waals surface area contributed by atoms with Gasteiger partial charge >= 0.3 is 5.97 Å². The predicted molar refractivity (Wildman–Crippen MR) is 81.2 cm³/mol. The van der Waals surface area contributed by atoms with Crippen LogP contribution in [0.1, 0.15) is 35.7 Å². The molecule has 2 heteroatoms. The van der Waals surface area contributed by atoms with Crippen LogP contribution < -0.4 is 0 Å². The average Bonchev–Trinajstić information content (AvgIpc) is 2.49. The third-order valence-electron chi connectivity index (χ3n) is 2.86. The highest BCUT2D eigenvalue weighted by Crippen LogP contribution is 2.15. The second-order valence-corrected chi connectivity index (χ2v) is 4.53. The third kappa shape index (κ3) is 4.09. The third-order valence-corrected chi connectivity index (χ3v) is 2.86. The first-order valence-corrected chi connectivity index (χ1v) is 6.82. The van der Waals surface area contributed by atoms with E-state index < -0.39 is 0 Å². The molecule has 0 aliphatic rings. The molecule has 0 radical (unpaired) electrons. The lowest BCUT2D eigenvalue weighted by Gasteiger charge is -2.08. The van der Waals surface area contributed by atoms with Crippen molar-refractivity contribution in [2.24, 2.45) is 0 Å². The maximum Gasteiger partial charge on any atom is 0.343 e. The van der Waals surface area contributed by atoms with Gasteiger partial charge in [0.25, 0.3) is 0 Å². The number of allylic oxidation sites excluding steroid dienone is 1. The number of esters is 1. The topological polar surface area (TPSA) is 26.3 Å². The minimum Gasteiger partial charge on any atom is -0.427 e. The first-order valence-electron chi connectivity index (χ1n) is 6.82. The number of rotatable bonds is 5. The Morgan fingerprint density at radius 3 is 2.20 bits per heavy atom. The van der Waals surface area contributed by atoms with Gasteiger partial charge in [-0.3, -0.25) is 0 Å². The van der Waals surface area contributed by atoms with E-state index in [9.17, 15) is 4.79 Å². The second-order valence-electron chi connectivity index (χ2n) is 4.53. The van der Waals surface area contributed by atoms with Crippen LogP contribution in [0, 0.1) is 0 Å². The van der Waals surface area contributed by atoms with Gasteiger partial charge in [-0.25, -0.2) is 4.79 Å². The Balaban J connectivity index is 2.14. The fourth-order valence-electron chi connectivity index (χ4n) is 1.89. The lowest BCUT2D eigenvalue weighted by atomic mass is 10.1. The summed E-state index contributed by atoms with van der Waals surface area (Å²) in [4.78, 5) is 12.1. The Labute approximate surface area is 119 Å². The molecule has 2 rings (SSSR count). The highest BCUT2D eigenvalue weighted by atomic mass is 16.5. The molecule has 0 bridgehead atoms. The summed E-state index contributed by atoms with van der Waals surface area (Å²) in [7, 11) is 0. The molecule has 0 atom stereocenters. The van der Waals surface area contributed by atoms with E-state index in [0.29, 0.717) is 11.3 Å². The highest BCUT2D eigenvalue weighted by molar-refractivity contribution is 5.90. The van der Waals surface area contributed by atoms with E-state index in [1.165, 1.54) is 0 Å². The SMILES string of the molecule is CCC/C(=C/c1ccccc1)OC(=O)c1ccccc1. The fourth-order valence-corrected chi connectivity index (χ4v) is 1.89. The van der Waals surface area contributed by atoms with E-state index in [4.69, 9.17) is 4.74 Å². The molecule has 0 fully saturated rings. The molecular formula is C18H18O2. The van der Waals surface area contributed by atoms with E-state index in [2.05, 4.69) is 6.92 Å². The van der Waals surface area contributed by atoms with Crippen molar-refractivity contribution in [3.8, 4) is 0 Å². The maximum absolute atomic E-state index is 12.1. The summed E-state index contributed by atoms with van der Waals surface area (Å²) < 4.78 is 5.50. The summed E-state index contributed by atoms with van der Waals surface area (Å²) in [6, 6.07) is 18.9. The van der Waals surface area contributed by atoms with E-state index >= 15 is 0 Å². The standard InChI is InChI=1S/C18H18O2/c1-2-9-17(14-15-10-5-3-6-11-15)20-18(19)16-12-7-4-8-13-16/h3-8,10-14H,2,9H2,1H3/b17-14-. The second kappa shape index (κ2) is 7.29. The monoisotopic (exact) mass is 266 g/mol. The molecule has 0 amide bonds. The number of benzene rings is 2. The molecule has 2 nitrogen and oxygen atoms in total. The van der Waals surface area contributed by atoms with Crippen molar-refractivity contribution in [2.75, 3.05) is 0 Å². The smallest absolute Gasteiger partial charge is 0.343 e. The Hall–Kier alpha value is -2.35. The van der Waals surface area contributed by atoms with Gasteiger partial charge in [-0.2, -0.15) is 0 Å². The normalized spacial score (nSPS) is 11.2. The Bertz CT molecular complexity index is 571. The molecule has 0 aromatic heterocycles. The largest absolute Gasteiger partial charge is 0.427 e. The molecular weight excluding hydrogens is 248 g/mol. The van der Waals surface area contributed by atoms with Crippen molar-refractivity contribution in [1.82, 2.24) is 0 Å². The van der Waals surface area contributed by atoms with E-state index in [1.54, 1.807) is 12.1 Å². The Kier molecular flexibility index (Phi) is 5.13. The molecule has 0 aliphatic carbocycles. The lowest BCUT2D eigenvalue weighted by Crippen LogP contribution is -2.04. The molecule has 0 heterocycles. The van der Waals surface area contributed by atoms with Crippen LogP contribution in [0.15, 0.2) is 66.4 Å². The molecule has 0 saturated heterocycles. The first kappa shape index (κ1) is 14.1. The fraction of sp³-hybridized carbons (Fsp3) is 0.167. The Morgan fingerprint density at radius 2 is 1.60 bits per heavy atom. The van der Waals surface area contributed by atoms with Crippen LogP contribution in [0.25, 0.3) is 6.08 Å². The van der Waals surface area contributed by atoms with Crippen molar-refractivity contribution >= 4 is 12.0 Å². The molecule has 0 saturated carbocycles. The summed E-state index contributed by atoms with van der Waals surface area (Å²) in [6.07, 6.45) is 3.60. The quantitative estimate of drug-likeness (QED) is 0.580. The van der Waals surface area contributed by atoms with E-state index in [0.717, 1.165) is 18.4 Å². The van der Waals surface area contributed by atoms with Crippen molar-refractivity contribution in [3.63, 3.8) is 0 Å². The highest BCUT2D eigenvalue weighted by Gasteiger charge is 2.09. The number of hydrogen-bond donors (Lipinski definition) is 0. The van der Waals surface area contributed by atoms with E-state index in [-0.39, 0.29) is 5.97 Å². The van der Waals surface area contributed by atoms with Gasteiger partial charge in [0.05, 0.1) is 5.56 Å². The van der Waals surface area contributed by atoms with Crippen molar-refractivity contribution < 1.29 is 9.53 Å². The lowest BCUT2D eigenvalue weighted by molar-refractivity contribution is 0.0617. The molecule has 0 spiro atoms. The molecule has 2 aromatic rings. The Morgan fingerprint density at radius 1 is 1.00 bits per heavy atom. The predicted octanol–water partition coefficient (Wildman–Crippen LogP) is 4.68. The molecule has 0 aliphatic heterocycles. The van der Waals surface area contributed by atoms with Gasteiger partial charge in [0.1, 0.15) is 5.76 Å². The van der Waals surface area contributed by atoms with Crippen molar-refractivity contribution in [3.05, 3.63) is 77.5 Å². The molecule has 0 N–H and O–H groups in total. The zero-order valence-corrected chi connectivity index (χ0v) is 11.6. The van der Waals surface area contributed by atoms with Gasteiger partial charge in [-0.1, -0.05) is 55.5 Å². The van der Waals surface area contributed by atoms with Gasteiger partial charge in [-0.15, -0.1) is 0 Å². The van der Waals surface area contributed by atoms with Crippen LogP contribution >= 0.6 is 0 Å². The summed E-state index contributed by atoms with van der Waals surface area (Å²) in [5.74, 6) is 0.397. The van der Waals surface area contributed by atoms with Crippen LogP contribution in [-0.4, -0.2) is 5.97 Å². The van der Waals surface area contributed by atoms with Gasteiger partial charge in [0.15, 0.2) is 0 Å². The van der Waals surface area contributed by atoms with Gasteiger partial charge in [-0.05, 0) is 30.2 Å². The molecule has 0 unspecified atom stereocenters. The summed E-state index contributed by atoms with van der Waals surface area (Å²) in [6.45, 7) is 2.06. The van der Waals surface area contributed by atoms with Crippen LogP contribution in [0.3, 0.4) is 0 Å². The number of carbonyl (C=O) groups excluding carboxylic acids is 1. The van der Waals surface area contributed by atoms with Crippen LogP contribution in [0.5, 0.6) is 0 Å². The van der Waals surface area contributed by atoms with Gasteiger partial charge in [0.2, 0.25) is 0 Å². The summed E-state index contributed by atoms with van der Waals surface area (Å²) in [5.41, 5.74) is 1.61. The van der Waals surface area contributed by atoms with Crippen molar-refractivity contribution in [2.45, 2.75) is 19.8 Å². The zero-order chi connectivity index (χ0) is 14.2. The number of hydrogen-bond acceptors (Lipinski definition) is 2. The minimum absolute atomic E-state index is 0.304. The van der Waals surface area contributed by atoms with Crippen LogP contribution in [-0.2, 0) is 4.74 Å². The summed E-state index contributed by atoms with van der Waals surface area (Å²) in [5, 5.41) is 0. The van der Waals surface area contributed by atoms with E-state index in [1.807, 2.05) is 54.6 Å². The number of carbonyl (C=O) groups is 1. The molecule has 102 valence electrons. The molecule has 20 heavy (non-hydrogen) atoms. The summed E-state index contributed by atoms with van der Waals surface area (Å²) >= 11 is 0. The van der Waals surface area contributed by atoms with Crippen LogP contribution in [0.2, 0.25) is 0 Å². The first-order chi connectivity index (χ1) is 9.79. The van der Waals surface area contributed by atoms with Crippen molar-refractivity contribution in [1.29, 1.82) is 0 Å². The van der Waals surface area contributed by atoms with Gasteiger partial charge < -0.3 is 4.74 Å². The van der Waals surface area contributed by atoms with Crippen LogP contribution in [0.4, 0.5) is 0 Å². The maximum atomic E-state index is 12.1. The zero-order valence-electron chi connectivity index (χ0n) is 11.6. The minimum atomic E-state index is -0.304.